The summed E-state index contributed by atoms with van der Waals surface area (Å²) in [5, 5.41) is 8.06. The summed E-state index contributed by atoms with van der Waals surface area (Å²) in [4.78, 5) is 0. The van der Waals surface area contributed by atoms with Gasteiger partial charge < -0.3 is 9.47 Å². The fraction of sp³-hybridized carbons (Fsp3) is 0.636. The maximum atomic E-state index is 5.63. The molecule has 0 bridgehead atoms. The third-order valence-electron chi connectivity index (χ3n) is 2.51. The van der Waals surface area contributed by atoms with E-state index in [1.54, 1.807) is 6.07 Å². The first-order valence-corrected chi connectivity index (χ1v) is 5.90. The minimum Gasteiger partial charge on any atom is -0.376 e. The fourth-order valence-electron chi connectivity index (χ4n) is 1.65. The summed E-state index contributed by atoms with van der Waals surface area (Å²) < 4.78 is 11.1. The van der Waals surface area contributed by atoms with Crippen LogP contribution in [0.3, 0.4) is 0 Å². The van der Waals surface area contributed by atoms with Gasteiger partial charge >= 0.3 is 0 Å². The number of hydrogen-bond donors (Lipinski definition) is 0. The van der Waals surface area contributed by atoms with E-state index in [2.05, 4.69) is 10.2 Å². The predicted octanol–water partition coefficient (Wildman–Crippen LogP) is 2.22. The minimum absolute atomic E-state index is 0.244. The van der Waals surface area contributed by atoms with Gasteiger partial charge in [-0.3, -0.25) is 0 Å². The van der Waals surface area contributed by atoms with Gasteiger partial charge in [-0.2, -0.15) is 5.10 Å². The number of hydrogen-bond acceptors (Lipinski definition) is 4. The fourth-order valence-corrected chi connectivity index (χ4v) is 1.76. The molecule has 0 radical (unpaired) electrons. The van der Waals surface area contributed by atoms with Crippen LogP contribution in [0.25, 0.3) is 0 Å². The van der Waals surface area contributed by atoms with Crippen molar-refractivity contribution in [2.45, 2.75) is 32.0 Å². The van der Waals surface area contributed by atoms with E-state index in [4.69, 9.17) is 21.1 Å². The average Bonchev–Trinajstić information content (AvgIpc) is 2.33. The summed E-state index contributed by atoms with van der Waals surface area (Å²) >= 11 is 5.63. The quantitative estimate of drug-likeness (QED) is 0.812. The molecule has 0 spiro atoms. The molecule has 0 saturated carbocycles. The van der Waals surface area contributed by atoms with Gasteiger partial charge in [0.25, 0.3) is 0 Å². The van der Waals surface area contributed by atoms with Gasteiger partial charge in [-0.1, -0.05) is 11.6 Å². The van der Waals surface area contributed by atoms with E-state index in [0.29, 0.717) is 18.4 Å². The number of ether oxygens (including phenoxy) is 2. The van der Waals surface area contributed by atoms with E-state index in [0.717, 1.165) is 18.7 Å². The maximum absolute atomic E-state index is 5.63. The Morgan fingerprint density at radius 1 is 1.38 bits per heavy atom. The molecule has 0 N–H and O–H groups in total. The molecule has 2 heterocycles. The van der Waals surface area contributed by atoms with Gasteiger partial charge in [0.1, 0.15) is 0 Å². The molecule has 1 aliphatic rings. The molecule has 1 unspecified atom stereocenters. The van der Waals surface area contributed by atoms with E-state index >= 15 is 0 Å². The highest BCUT2D eigenvalue weighted by Crippen LogP contribution is 2.13. The lowest BCUT2D eigenvalue weighted by Crippen LogP contribution is -2.24. The number of aromatic nitrogens is 2. The van der Waals surface area contributed by atoms with Crippen molar-refractivity contribution in [3.63, 3.8) is 0 Å². The zero-order valence-corrected chi connectivity index (χ0v) is 9.82. The van der Waals surface area contributed by atoms with E-state index in [1.165, 1.54) is 12.8 Å². The molecule has 1 saturated heterocycles. The first kappa shape index (κ1) is 11.8. The predicted molar refractivity (Wildman–Crippen MR) is 60.3 cm³/mol. The van der Waals surface area contributed by atoms with Gasteiger partial charge in [-0.25, -0.2) is 0 Å². The Morgan fingerprint density at radius 3 is 3.00 bits per heavy atom. The smallest absolute Gasteiger partial charge is 0.151 e. The van der Waals surface area contributed by atoms with E-state index in [-0.39, 0.29) is 6.10 Å². The largest absolute Gasteiger partial charge is 0.376 e. The van der Waals surface area contributed by atoms with Crippen molar-refractivity contribution in [1.29, 1.82) is 0 Å². The van der Waals surface area contributed by atoms with Crippen LogP contribution >= 0.6 is 11.6 Å². The van der Waals surface area contributed by atoms with Gasteiger partial charge in [0.15, 0.2) is 5.15 Å². The van der Waals surface area contributed by atoms with Crippen LogP contribution in [-0.2, 0) is 16.1 Å². The van der Waals surface area contributed by atoms with Gasteiger partial charge in [0.2, 0.25) is 0 Å². The van der Waals surface area contributed by atoms with Gasteiger partial charge in [-0.05, 0) is 31.4 Å². The van der Waals surface area contributed by atoms with E-state index in [1.807, 2.05) is 6.07 Å². The summed E-state index contributed by atoms with van der Waals surface area (Å²) in [6.07, 6.45) is 3.73. The molecule has 5 heteroatoms. The standard InChI is InChI=1S/C11H15ClN2O2/c12-11-5-4-9(13-14-11)7-15-8-10-3-1-2-6-16-10/h4-5,10H,1-3,6-8H2. The number of nitrogens with zero attached hydrogens (tertiary/aromatic N) is 2. The second-order valence-electron chi connectivity index (χ2n) is 3.85. The number of halogens is 1. The lowest BCUT2D eigenvalue weighted by atomic mass is 10.1. The van der Waals surface area contributed by atoms with Crippen LogP contribution < -0.4 is 0 Å². The van der Waals surface area contributed by atoms with E-state index < -0.39 is 0 Å². The highest BCUT2D eigenvalue weighted by atomic mass is 35.5. The zero-order valence-electron chi connectivity index (χ0n) is 9.06. The van der Waals surface area contributed by atoms with Crippen LogP contribution in [0.2, 0.25) is 5.15 Å². The van der Waals surface area contributed by atoms with Crippen LogP contribution in [0.15, 0.2) is 12.1 Å². The first-order chi connectivity index (χ1) is 7.84. The molecule has 0 aromatic carbocycles. The molecule has 1 fully saturated rings. The SMILES string of the molecule is Clc1ccc(COCC2CCCCO2)nn1. The maximum Gasteiger partial charge on any atom is 0.151 e. The summed E-state index contributed by atoms with van der Waals surface area (Å²) in [7, 11) is 0. The summed E-state index contributed by atoms with van der Waals surface area (Å²) in [6.45, 7) is 1.95. The van der Waals surface area contributed by atoms with Crippen molar-refractivity contribution in [2.24, 2.45) is 0 Å². The molecular weight excluding hydrogens is 228 g/mol. The van der Waals surface area contributed by atoms with Crippen LogP contribution in [-0.4, -0.2) is 29.5 Å². The molecule has 1 atom stereocenters. The molecular formula is C11H15ClN2O2. The normalized spacial score (nSPS) is 20.9. The lowest BCUT2D eigenvalue weighted by molar-refractivity contribution is -0.0453. The topological polar surface area (TPSA) is 44.2 Å². The molecule has 1 aromatic heterocycles. The highest BCUT2D eigenvalue weighted by Gasteiger charge is 2.13. The molecule has 88 valence electrons. The first-order valence-electron chi connectivity index (χ1n) is 5.52. The molecule has 1 aliphatic heterocycles. The van der Waals surface area contributed by atoms with Crippen LogP contribution in [0.5, 0.6) is 0 Å². The third-order valence-corrected chi connectivity index (χ3v) is 2.72. The zero-order chi connectivity index (χ0) is 11.2. The second kappa shape index (κ2) is 6.13. The number of rotatable bonds is 4. The average molecular weight is 243 g/mol. The van der Waals surface area contributed by atoms with Gasteiger partial charge in [0.05, 0.1) is 25.0 Å². The van der Waals surface area contributed by atoms with Crippen LogP contribution in [0.4, 0.5) is 0 Å². The Balaban J connectivity index is 1.69. The Bertz CT molecular complexity index is 312. The second-order valence-corrected chi connectivity index (χ2v) is 4.24. The Morgan fingerprint density at radius 2 is 2.31 bits per heavy atom. The monoisotopic (exact) mass is 242 g/mol. The van der Waals surface area contributed by atoms with Crippen molar-refractivity contribution >= 4 is 11.6 Å². The minimum atomic E-state index is 0.244. The summed E-state index contributed by atoms with van der Waals surface area (Å²) in [5.41, 5.74) is 0.792. The van der Waals surface area contributed by atoms with Crippen molar-refractivity contribution < 1.29 is 9.47 Å². The molecule has 2 rings (SSSR count). The molecule has 4 nitrogen and oxygen atoms in total. The van der Waals surface area contributed by atoms with Crippen LogP contribution in [0.1, 0.15) is 25.0 Å². The summed E-state index contributed by atoms with van der Waals surface area (Å²) in [5.74, 6) is 0. The Kier molecular flexibility index (Phi) is 4.51. The van der Waals surface area contributed by atoms with Crippen molar-refractivity contribution in [1.82, 2.24) is 10.2 Å². The highest BCUT2D eigenvalue weighted by molar-refractivity contribution is 6.29. The third kappa shape index (κ3) is 3.70. The summed E-state index contributed by atoms with van der Waals surface area (Å²) in [6, 6.07) is 3.53. The van der Waals surface area contributed by atoms with Crippen molar-refractivity contribution in [3.05, 3.63) is 23.0 Å². The molecule has 0 aliphatic carbocycles. The van der Waals surface area contributed by atoms with Crippen molar-refractivity contribution in [2.75, 3.05) is 13.2 Å². The Hall–Kier alpha value is -0.710. The lowest BCUT2D eigenvalue weighted by Gasteiger charge is -2.22. The van der Waals surface area contributed by atoms with E-state index in [9.17, 15) is 0 Å². The van der Waals surface area contributed by atoms with Gasteiger partial charge in [-0.15, -0.1) is 5.10 Å². The molecule has 16 heavy (non-hydrogen) atoms. The van der Waals surface area contributed by atoms with Crippen molar-refractivity contribution in [3.8, 4) is 0 Å². The van der Waals surface area contributed by atoms with Gasteiger partial charge in [0, 0.05) is 6.61 Å². The van der Waals surface area contributed by atoms with Crippen LogP contribution in [0, 0.1) is 0 Å². The Labute approximate surface area is 99.9 Å². The molecule has 1 aromatic rings. The molecule has 0 amide bonds.